The van der Waals surface area contributed by atoms with Crippen LogP contribution in [-0.4, -0.2) is 24.3 Å². The van der Waals surface area contributed by atoms with Gasteiger partial charge in [0.2, 0.25) is 0 Å². The van der Waals surface area contributed by atoms with Gasteiger partial charge in [-0.2, -0.15) is 13.2 Å². The summed E-state index contributed by atoms with van der Waals surface area (Å²) in [6.45, 7) is 4.31. The largest absolute Gasteiger partial charge is 0.497 e. The number of fused-ring (bicyclic) bond motifs is 1. The Kier molecular flexibility index (Phi) is 6.88. The van der Waals surface area contributed by atoms with E-state index in [1.165, 1.54) is 12.2 Å². The Hall–Kier alpha value is -2.25. The number of ether oxygens (including phenoxy) is 2. The van der Waals surface area contributed by atoms with Gasteiger partial charge < -0.3 is 14.0 Å². The fourth-order valence-corrected chi connectivity index (χ4v) is 2.68. The van der Waals surface area contributed by atoms with E-state index in [2.05, 4.69) is 5.16 Å². The van der Waals surface area contributed by atoms with Crippen molar-refractivity contribution in [2.24, 2.45) is 5.92 Å². The lowest BCUT2D eigenvalue weighted by Crippen LogP contribution is -2.27. The van der Waals surface area contributed by atoms with Crippen molar-refractivity contribution >= 4 is 18.1 Å². The second-order valence-electron chi connectivity index (χ2n) is 5.86. The molecule has 0 N–H and O–H groups in total. The van der Waals surface area contributed by atoms with Crippen molar-refractivity contribution in [1.82, 2.24) is 5.16 Å². The van der Waals surface area contributed by atoms with Crippen LogP contribution in [0, 0.1) is 5.92 Å². The molecule has 1 aromatic rings. The van der Waals surface area contributed by atoms with E-state index in [1.807, 2.05) is 6.92 Å². The summed E-state index contributed by atoms with van der Waals surface area (Å²) in [4.78, 5) is 11.3. The third-order valence-corrected chi connectivity index (χ3v) is 3.86. The van der Waals surface area contributed by atoms with Gasteiger partial charge in [-0.15, -0.1) is 0 Å². The highest BCUT2D eigenvalue weighted by molar-refractivity contribution is 5.69. The SMILES string of the molecule is CCCC1C=c2onc(C(F)(F)F)c2=CC=C1OCCCC(=O)OCC. The molecule has 1 atom stereocenters. The molecule has 0 saturated carbocycles. The molecule has 0 radical (unpaired) electrons. The van der Waals surface area contributed by atoms with Crippen molar-refractivity contribution in [2.75, 3.05) is 13.2 Å². The topological polar surface area (TPSA) is 61.6 Å². The fourth-order valence-electron chi connectivity index (χ4n) is 2.68. The third-order valence-electron chi connectivity index (χ3n) is 3.86. The zero-order chi connectivity index (χ0) is 19.2. The highest BCUT2D eigenvalue weighted by atomic mass is 19.4. The smallest absolute Gasteiger partial charge is 0.437 e. The lowest BCUT2D eigenvalue weighted by atomic mass is 10.0. The highest BCUT2D eigenvalue weighted by Gasteiger charge is 2.36. The van der Waals surface area contributed by atoms with Gasteiger partial charge in [0.15, 0.2) is 11.1 Å². The summed E-state index contributed by atoms with van der Waals surface area (Å²) in [7, 11) is 0. The van der Waals surface area contributed by atoms with Crippen LogP contribution in [0.2, 0.25) is 0 Å². The van der Waals surface area contributed by atoms with E-state index >= 15 is 0 Å². The quantitative estimate of drug-likeness (QED) is 0.518. The van der Waals surface area contributed by atoms with Gasteiger partial charge in [0.1, 0.15) is 5.76 Å². The Balaban J connectivity index is 2.16. The molecule has 144 valence electrons. The van der Waals surface area contributed by atoms with Gasteiger partial charge in [0, 0.05) is 12.3 Å². The van der Waals surface area contributed by atoms with Crippen molar-refractivity contribution in [3.05, 3.63) is 28.2 Å². The van der Waals surface area contributed by atoms with Gasteiger partial charge in [-0.05, 0) is 38.0 Å². The zero-order valence-electron chi connectivity index (χ0n) is 14.8. The number of hydrogen-bond donors (Lipinski definition) is 0. The number of carbonyl (C=O) groups is 1. The van der Waals surface area contributed by atoms with E-state index in [-0.39, 0.29) is 35.5 Å². The maximum atomic E-state index is 13.0. The molecular weight excluding hydrogens is 351 g/mol. The van der Waals surface area contributed by atoms with Crippen LogP contribution < -0.4 is 10.6 Å². The Morgan fingerprint density at radius 3 is 2.73 bits per heavy atom. The van der Waals surface area contributed by atoms with E-state index in [0.717, 1.165) is 6.42 Å². The summed E-state index contributed by atoms with van der Waals surface area (Å²) < 4.78 is 54.5. The summed E-state index contributed by atoms with van der Waals surface area (Å²) in [5.41, 5.74) is -0.948. The molecule has 26 heavy (non-hydrogen) atoms. The average Bonchev–Trinajstić information content (AvgIpc) is 2.90. The Bertz CT molecular complexity index is 764. The predicted molar refractivity (Wildman–Crippen MR) is 88.0 cm³/mol. The molecule has 1 heterocycles. The van der Waals surface area contributed by atoms with Gasteiger partial charge in [-0.3, -0.25) is 4.79 Å². The van der Waals surface area contributed by atoms with Crippen LogP contribution in [0.3, 0.4) is 0 Å². The maximum Gasteiger partial charge on any atom is 0.437 e. The number of halogens is 3. The van der Waals surface area contributed by atoms with Crippen LogP contribution in [0.4, 0.5) is 13.2 Å². The maximum absolute atomic E-state index is 13.0. The minimum atomic E-state index is -4.58. The molecular formula is C18H22F3NO4. The monoisotopic (exact) mass is 373 g/mol. The Morgan fingerprint density at radius 2 is 2.08 bits per heavy atom. The fraction of sp³-hybridized carbons (Fsp3) is 0.556. The van der Waals surface area contributed by atoms with E-state index in [9.17, 15) is 18.0 Å². The molecule has 1 aliphatic rings. The number of esters is 1. The molecule has 0 saturated heterocycles. The first kappa shape index (κ1) is 20.1. The standard InChI is InChI=1S/C18H22F3NO4/c1-3-6-12-11-15-13(17(22-26-15)18(19,20)21)8-9-14(12)25-10-5-7-16(23)24-4-2/h8-9,11-12H,3-7,10H2,1-2H3. The molecule has 0 aromatic carbocycles. The second kappa shape index (κ2) is 8.91. The molecule has 1 unspecified atom stereocenters. The zero-order valence-corrected chi connectivity index (χ0v) is 14.8. The molecule has 8 heteroatoms. The van der Waals surface area contributed by atoms with Crippen LogP contribution >= 0.6 is 0 Å². The Morgan fingerprint density at radius 1 is 1.31 bits per heavy atom. The summed E-state index contributed by atoms with van der Waals surface area (Å²) in [5, 5.41) is 3.06. The van der Waals surface area contributed by atoms with Crippen molar-refractivity contribution in [2.45, 2.75) is 45.7 Å². The van der Waals surface area contributed by atoms with Crippen LogP contribution in [0.5, 0.6) is 0 Å². The number of carbonyl (C=O) groups excluding carboxylic acids is 1. The summed E-state index contributed by atoms with van der Waals surface area (Å²) in [5.74, 6) is 0.0404. The van der Waals surface area contributed by atoms with Gasteiger partial charge in [-0.1, -0.05) is 18.5 Å². The van der Waals surface area contributed by atoms with Gasteiger partial charge in [-0.25, -0.2) is 0 Å². The van der Waals surface area contributed by atoms with Crippen molar-refractivity contribution in [3.8, 4) is 0 Å². The number of alkyl halides is 3. The minimum absolute atomic E-state index is 0.0938. The highest BCUT2D eigenvalue weighted by Crippen LogP contribution is 2.26. The molecule has 0 bridgehead atoms. The van der Waals surface area contributed by atoms with E-state index in [4.69, 9.17) is 14.0 Å². The molecule has 2 rings (SSSR count). The molecule has 5 nitrogen and oxygen atoms in total. The normalized spacial score (nSPS) is 16.7. The van der Waals surface area contributed by atoms with Gasteiger partial charge in [0.25, 0.3) is 0 Å². The van der Waals surface area contributed by atoms with Crippen LogP contribution in [0.15, 0.2) is 16.4 Å². The van der Waals surface area contributed by atoms with Gasteiger partial charge >= 0.3 is 12.1 Å². The number of aromatic nitrogens is 1. The van der Waals surface area contributed by atoms with E-state index in [1.54, 1.807) is 13.0 Å². The lowest BCUT2D eigenvalue weighted by molar-refractivity contribution is -0.144. The lowest BCUT2D eigenvalue weighted by Gasteiger charge is -2.16. The van der Waals surface area contributed by atoms with Crippen LogP contribution in [0.25, 0.3) is 12.2 Å². The molecule has 1 aromatic heterocycles. The first-order valence-electron chi connectivity index (χ1n) is 8.61. The number of allylic oxidation sites excluding steroid dienone is 2. The Labute approximate surface area is 149 Å². The van der Waals surface area contributed by atoms with Crippen molar-refractivity contribution < 1.29 is 32.0 Å². The first-order chi connectivity index (χ1) is 12.4. The second-order valence-corrected chi connectivity index (χ2v) is 5.86. The van der Waals surface area contributed by atoms with Crippen molar-refractivity contribution in [1.29, 1.82) is 0 Å². The van der Waals surface area contributed by atoms with Gasteiger partial charge in [0.05, 0.1) is 18.4 Å². The molecule has 0 spiro atoms. The third kappa shape index (κ3) is 5.12. The molecule has 0 aliphatic heterocycles. The van der Waals surface area contributed by atoms with Crippen molar-refractivity contribution in [3.63, 3.8) is 0 Å². The van der Waals surface area contributed by atoms with E-state index < -0.39 is 11.9 Å². The number of rotatable bonds is 8. The average molecular weight is 373 g/mol. The molecule has 0 amide bonds. The number of nitrogens with zero attached hydrogens (tertiary/aromatic N) is 1. The summed E-state index contributed by atoms with van der Waals surface area (Å²) in [6.07, 6.45) is 2.09. The summed E-state index contributed by atoms with van der Waals surface area (Å²) in [6, 6.07) is 0. The molecule has 0 fully saturated rings. The van der Waals surface area contributed by atoms with Crippen LogP contribution in [0.1, 0.15) is 45.2 Å². The van der Waals surface area contributed by atoms with Crippen LogP contribution in [-0.2, 0) is 20.4 Å². The molecule has 1 aliphatic carbocycles. The van der Waals surface area contributed by atoms with E-state index in [0.29, 0.717) is 25.2 Å². The number of hydrogen-bond acceptors (Lipinski definition) is 5. The predicted octanol–water partition coefficient (Wildman–Crippen LogP) is 2.93. The summed E-state index contributed by atoms with van der Waals surface area (Å²) >= 11 is 0. The minimum Gasteiger partial charge on any atom is -0.497 e. The first-order valence-corrected chi connectivity index (χ1v) is 8.61.